The SMILES string of the molecule is CCNc1nc(OC)nc(N(C)CC(=O)N(CC)CC)n1. The van der Waals surface area contributed by atoms with Crippen molar-refractivity contribution in [2.75, 3.05) is 50.6 Å². The van der Waals surface area contributed by atoms with E-state index in [9.17, 15) is 4.79 Å². The van der Waals surface area contributed by atoms with Crippen molar-refractivity contribution < 1.29 is 9.53 Å². The zero-order chi connectivity index (χ0) is 15.8. The molecule has 0 saturated carbocycles. The molecule has 0 bridgehead atoms. The fourth-order valence-electron chi connectivity index (χ4n) is 1.79. The fourth-order valence-corrected chi connectivity index (χ4v) is 1.79. The van der Waals surface area contributed by atoms with Crippen LogP contribution in [-0.2, 0) is 4.79 Å². The molecule has 1 aromatic rings. The first kappa shape index (κ1) is 16.9. The maximum absolute atomic E-state index is 12.1. The van der Waals surface area contributed by atoms with E-state index in [4.69, 9.17) is 4.74 Å². The normalized spacial score (nSPS) is 10.1. The van der Waals surface area contributed by atoms with Gasteiger partial charge in [0.2, 0.25) is 17.8 Å². The first-order valence-electron chi connectivity index (χ1n) is 7.08. The van der Waals surface area contributed by atoms with Gasteiger partial charge in [0.15, 0.2) is 0 Å². The standard InChI is InChI=1S/C13H24N6O2/c1-6-14-11-15-12(17-13(16-11)21-5)18(4)9-10(20)19(7-2)8-3/h6-9H2,1-5H3,(H,14,15,16,17). The molecule has 8 heteroatoms. The molecule has 0 unspecified atom stereocenters. The molecule has 0 radical (unpaired) electrons. The molecule has 1 aromatic heterocycles. The molecule has 0 spiro atoms. The minimum absolute atomic E-state index is 0.0341. The van der Waals surface area contributed by atoms with E-state index in [1.807, 2.05) is 20.8 Å². The van der Waals surface area contributed by atoms with E-state index in [1.54, 1.807) is 16.8 Å². The highest BCUT2D eigenvalue weighted by atomic mass is 16.5. The smallest absolute Gasteiger partial charge is 0.322 e. The summed E-state index contributed by atoms with van der Waals surface area (Å²) >= 11 is 0. The molecule has 0 atom stereocenters. The molecule has 0 fully saturated rings. The number of amides is 1. The van der Waals surface area contributed by atoms with E-state index in [0.717, 1.165) is 0 Å². The van der Waals surface area contributed by atoms with E-state index in [2.05, 4.69) is 20.3 Å². The lowest BCUT2D eigenvalue weighted by molar-refractivity contribution is -0.129. The topological polar surface area (TPSA) is 83.5 Å². The third kappa shape index (κ3) is 4.73. The second-order valence-electron chi connectivity index (χ2n) is 4.40. The number of hydrogen-bond acceptors (Lipinski definition) is 7. The second-order valence-corrected chi connectivity index (χ2v) is 4.40. The number of anilines is 2. The van der Waals surface area contributed by atoms with Crippen molar-refractivity contribution in [3.8, 4) is 6.01 Å². The van der Waals surface area contributed by atoms with Gasteiger partial charge in [0.05, 0.1) is 13.7 Å². The molecule has 0 aromatic carbocycles. The lowest BCUT2D eigenvalue weighted by Gasteiger charge is -2.23. The number of likely N-dealkylation sites (N-methyl/N-ethyl adjacent to an activating group) is 2. The average molecular weight is 296 g/mol. The van der Waals surface area contributed by atoms with Gasteiger partial charge in [-0.05, 0) is 20.8 Å². The van der Waals surface area contributed by atoms with Gasteiger partial charge in [-0.2, -0.15) is 15.0 Å². The van der Waals surface area contributed by atoms with Crippen molar-refractivity contribution in [3.05, 3.63) is 0 Å². The number of aromatic nitrogens is 3. The number of nitrogens with one attached hydrogen (secondary N) is 1. The largest absolute Gasteiger partial charge is 0.467 e. The van der Waals surface area contributed by atoms with E-state index < -0.39 is 0 Å². The zero-order valence-corrected chi connectivity index (χ0v) is 13.4. The van der Waals surface area contributed by atoms with Crippen molar-refractivity contribution in [3.63, 3.8) is 0 Å². The van der Waals surface area contributed by atoms with Gasteiger partial charge in [0.1, 0.15) is 0 Å². The molecule has 0 aliphatic heterocycles. The average Bonchev–Trinajstić information content (AvgIpc) is 2.48. The van der Waals surface area contributed by atoms with Crippen molar-refractivity contribution in [2.24, 2.45) is 0 Å². The third-order valence-corrected chi connectivity index (χ3v) is 2.95. The first-order chi connectivity index (χ1) is 10.0. The van der Waals surface area contributed by atoms with E-state index in [1.165, 1.54) is 7.11 Å². The number of rotatable bonds is 8. The Morgan fingerprint density at radius 3 is 2.38 bits per heavy atom. The lowest BCUT2D eigenvalue weighted by atomic mass is 10.4. The Labute approximate surface area is 125 Å². The Bertz CT molecular complexity index is 464. The Balaban J connectivity index is 2.87. The van der Waals surface area contributed by atoms with Crippen molar-refractivity contribution in [1.29, 1.82) is 0 Å². The van der Waals surface area contributed by atoms with Crippen molar-refractivity contribution in [2.45, 2.75) is 20.8 Å². The number of carbonyl (C=O) groups excluding carboxylic acids is 1. The lowest BCUT2D eigenvalue weighted by Crippen LogP contribution is -2.39. The summed E-state index contributed by atoms with van der Waals surface area (Å²) in [5, 5.41) is 3.01. The van der Waals surface area contributed by atoms with Crippen LogP contribution in [0.3, 0.4) is 0 Å². The van der Waals surface area contributed by atoms with Crippen LogP contribution in [0.2, 0.25) is 0 Å². The number of hydrogen-bond donors (Lipinski definition) is 1. The molecular weight excluding hydrogens is 272 g/mol. The van der Waals surface area contributed by atoms with Crippen LogP contribution in [0.4, 0.5) is 11.9 Å². The Morgan fingerprint density at radius 1 is 1.19 bits per heavy atom. The summed E-state index contributed by atoms with van der Waals surface area (Å²) in [6, 6.07) is 0.220. The summed E-state index contributed by atoms with van der Waals surface area (Å²) in [6.07, 6.45) is 0. The Kier molecular flexibility index (Phi) is 6.64. The predicted octanol–water partition coefficient (Wildman–Crippen LogP) is 0.617. The molecule has 1 amide bonds. The van der Waals surface area contributed by atoms with Crippen LogP contribution in [0.25, 0.3) is 0 Å². The minimum Gasteiger partial charge on any atom is -0.467 e. The van der Waals surface area contributed by atoms with Gasteiger partial charge in [-0.15, -0.1) is 0 Å². The van der Waals surface area contributed by atoms with Crippen LogP contribution < -0.4 is 15.0 Å². The van der Waals surface area contributed by atoms with Gasteiger partial charge in [-0.25, -0.2) is 0 Å². The fraction of sp³-hybridized carbons (Fsp3) is 0.692. The van der Waals surface area contributed by atoms with E-state index >= 15 is 0 Å². The van der Waals surface area contributed by atoms with Crippen molar-refractivity contribution >= 4 is 17.8 Å². The quantitative estimate of drug-likeness (QED) is 0.752. The van der Waals surface area contributed by atoms with Gasteiger partial charge in [-0.1, -0.05) is 0 Å². The zero-order valence-electron chi connectivity index (χ0n) is 13.4. The van der Waals surface area contributed by atoms with Crippen LogP contribution in [-0.4, -0.2) is 66.1 Å². The maximum Gasteiger partial charge on any atom is 0.322 e. The molecule has 0 saturated heterocycles. The summed E-state index contributed by atoms with van der Waals surface area (Å²) in [6.45, 7) is 8.13. The molecule has 1 N–H and O–H groups in total. The summed E-state index contributed by atoms with van der Waals surface area (Å²) in [7, 11) is 3.27. The number of ether oxygens (including phenoxy) is 1. The number of nitrogens with zero attached hydrogens (tertiary/aromatic N) is 5. The van der Waals surface area contributed by atoms with Crippen molar-refractivity contribution in [1.82, 2.24) is 19.9 Å². The summed E-state index contributed by atoms with van der Waals surface area (Å²) in [5.74, 6) is 0.867. The second kappa shape index (κ2) is 8.23. The highest BCUT2D eigenvalue weighted by molar-refractivity contribution is 5.80. The highest BCUT2D eigenvalue weighted by Crippen LogP contribution is 2.13. The van der Waals surface area contributed by atoms with Crippen LogP contribution in [0.5, 0.6) is 6.01 Å². The maximum atomic E-state index is 12.1. The Morgan fingerprint density at radius 2 is 1.86 bits per heavy atom. The van der Waals surface area contributed by atoms with Gasteiger partial charge in [0.25, 0.3) is 0 Å². The van der Waals surface area contributed by atoms with Crippen LogP contribution in [0.15, 0.2) is 0 Å². The molecular formula is C13H24N6O2. The minimum atomic E-state index is 0.0341. The predicted molar refractivity (Wildman–Crippen MR) is 81.7 cm³/mol. The molecule has 1 rings (SSSR count). The summed E-state index contributed by atoms with van der Waals surface area (Å²) in [4.78, 5) is 28.1. The van der Waals surface area contributed by atoms with E-state index in [0.29, 0.717) is 31.5 Å². The van der Waals surface area contributed by atoms with Crippen LogP contribution >= 0.6 is 0 Å². The molecule has 0 aliphatic carbocycles. The van der Waals surface area contributed by atoms with E-state index in [-0.39, 0.29) is 18.5 Å². The number of carbonyl (C=O) groups is 1. The Hall–Kier alpha value is -2.12. The van der Waals surface area contributed by atoms with Crippen LogP contribution in [0, 0.1) is 0 Å². The van der Waals surface area contributed by atoms with Crippen LogP contribution in [0.1, 0.15) is 20.8 Å². The molecule has 8 nitrogen and oxygen atoms in total. The molecule has 1 heterocycles. The summed E-state index contributed by atoms with van der Waals surface area (Å²) < 4.78 is 5.06. The third-order valence-electron chi connectivity index (χ3n) is 2.95. The number of methoxy groups -OCH3 is 1. The molecule has 21 heavy (non-hydrogen) atoms. The first-order valence-corrected chi connectivity index (χ1v) is 7.08. The monoisotopic (exact) mass is 296 g/mol. The van der Waals surface area contributed by atoms with Gasteiger partial charge < -0.3 is 19.9 Å². The van der Waals surface area contributed by atoms with Gasteiger partial charge in [-0.3, -0.25) is 4.79 Å². The highest BCUT2D eigenvalue weighted by Gasteiger charge is 2.16. The van der Waals surface area contributed by atoms with Gasteiger partial charge >= 0.3 is 6.01 Å². The summed E-state index contributed by atoms with van der Waals surface area (Å²) in [5.41, 5.74) is 0. The van der Waals surface area contributed by atoms with Gasteiger partial charge in [0, 0.05) is 26.7 Å². The molecule has 0 aliphatic rings. The molecule has 118 valence electrons.